The van der Waals surface area contributed by atoms with Crippen LogP contribution in [0.1, 0.15) is 22.5 Å². The molecule has 0 bridgehead atoms. The lowest BCUT2D eigenvalue weighted by atomic mass is 10.0. The van der Waals surface area contributed by atoms with Crippen LogP contribution in [0.3, 0.4) is 0 Å². The van der Waals surface area contributed by atoms with Crippen LogP contribution in [0.2, 0.25) is 20.1 Å². The van der Waals surface area contributed by atoms with E-state index in [4.69, 9.17) is 80.6 Å². The van der Waals surface area contributed by atoms with Gasteiger partial charge in [0, 0.05) is 115 Å². The molecule has 2 fully saturated rings. The van der Waals surface area contributed by atoms with Crippen LogP contribution in [0.5, 0.6) is 34.5 Å². The summed E-state index contributed by atoms with van der Waals surface area (Å²) < 4.78 is 33.3. The third-order valence-electron chi connectivity index (χ3n) is 13.6. The van der Waals surface area contributed by atoms with Crippen LogP contribution in [0.4, 0.5) is 34.4 Å². The molecule has 0 spiro atoms. The molecule has 82 heavy (non-hydrogen) atoms. The Morgan fingerprint density at radius 3 is 1.39 bits per heavy atom. The molecule has 4 aromatic carbocycles. The number of rotatable bonds is 21. The predicted octanol–water partition coefficient (Wildman–Crippen LogP) is 11.8. The number of benzene rings is 4. The van der Waals surface area contributed by atoms with Crippen molar-refractivity contribution in [3.63, 3.8) is 0 Å². The fraction of sp³-hybridized carbons (Fsp3) is 0.276. The van der Waals surface area contributed by atoms with E-state index in [0.717, 1.165) is 48.7 Å². The zero-order valence-electron chi connectivity index (χ0n) is 45.6. The summed E-state index contributed by atoms with van der Waals surface area (Å²) >= 11 is 26.3. The SMILES string of the molecule is COc1cc(OC)c(Cl)c(Nc2ncccc2-c2cc(Cc3ccc(OCC4CN(C)C4)cc3N)ncn2)c1Cl.COc1cc(OC)c(Cl)c(Nc2ncccc2-c2cc(Cc3ccc(OCC4CN(C)C4)cc3[N+](=O)[O-])ncn2)c1Cl. The Balaban J connectivity index is 0.000000198. The first-order chi connectivity index (χ1) is 39.6. The van der Waals surface area contributed by atoms with Gasteiger partial charge in [-0.3, -0.25) is 10.1 Å². The fourth-order valence-electron chi connectivity index (χ4n) is 9.40. The first-order valence-corrected chi connectivity index (χ1v) is 27.2. The van der Waals surface area contributed by atoms with Crippen molar-refractivity contribution in [2.24, 2.45) is 11.8 Å². The molecule has 8 aromatic rings. The summed E-state index contributed by atoms with van der Waals surface area (Å²) in [5, 5.41) is 19.5. The number of anilines is 5. The second-order valence-corrected chi connectivity index (χ2v) is 21.0. The van der Waals surface area contributed by atoms with Crippen LogP contribution in [0.25, 0.3) is 22.5 Å². The van der Waals surface area contributed by atoms with Crippen molar-refractivity contribution in [1.82, 2.24) is 39.7 Å². The van der Waals surface area contributed by atoms with E-state index in [1.54, 1.807) is 48.8 Å². The molecule has 24 heteroatoms. The minimum Gasteiger partial charge on any atom is -0.495 e. The maximum absolute atomic E-state index is 11.9. The Bertz CT molecular complexity index is 3540. The lowest BCUT2D eigenvalue weighted by molar-refractivity contribution is -0.385. The number of hydrogen-bond donors (Lipinski definition) is 3. The summed E-state index contributed by atoms with van der Waals surface area (Å²) in [4.78, 5) is 42.8. The maximum Gasteiger partial charge on any atom is 0.276 e. The van der Waals surface area contributed by atoms with Gasteiger partial charge in [0.2, 0.25) is 0 Å². The highest BCUT2D eigenvalue weighted by Crippen LogP contribution is 2.47. The number of pyridine rings is 2. The Kier molecular flexibility index (Phi) is 19.1. The number of nitrogens with zero attached hydrogens (tertiary/aromatic N) is 9. The number of aromatic nitrogens is 6. The zero-order valence-corrected chi connectivity index (χ0v) is 48.6. The Hall–Kier alpha value is -7.98. The molecule has 4 aromatic heterocycles. The summed E-state index contributed by atoms with van der Waals surface area (Å²) in [6.45, 7) is 5.25. The second-order valence-electron chi connectivity index (χ2n) is 19.5. The van der Waals surface area contributed by atoms with Crippen LogP contribution in [-0.4, -0.2) is 127 Å². The van der Waals surface area contributed by atoms with Gasteiger partial charge in [-0.1, -0.05) is 52.5 Å². The number of nitro groups is 1. The van der Waals surface area contributed by atoms with Crippen molar-refractivity contribution >= 4 is 80.8 Å². The summed E-state index contributed by atoms with van der Waals surface area (Å²) in [6.07, 6.45) is 6.97. The van der Waals surface area contributed by atoms with Crippen molar-refractivity contribution in [2.45, 2.75) is 12.8 Å². The highest BCUT2D eigenvalue weighted by Gasteiger charge is 2.27. The molecule has 4 N–H and O–H groups in total. The molecule has 6 heterocycles. The number of halogens is 4. The van der Waals surface area contributed by atoms with Gasteiger partial charge >= 0.3 is 0 Å². The molecule has 20 nitrogen and oxygen atoms in total. The summed E-state index contributed by atoms with van der Waals surface area (Å²) in [6, 6.07) is 25.0. The number of hydrogen-bond acceptors (Lipinski definition) is 19. The van der Waals surface area contributed by atoms with Gasteiger partial charge in [-0.2, -0.15) is 0 Å². The molecular weight excluding hydrogens is 1130 g/mol. The van der Waals surface area contributed by atoms with E-state index in [1.807, 2.05) is 49.5 Å². The summed E-state index contributed by atoms with van der Waals surface area (Å²) in [5.74, 6) is 4.74. The van der Waals surface area contributed by atoms with Gasteiger partial charge in [0.05, 0.1) is 75.4 Å². The van der Waals surface area contributed by atoms with Gasteiger partial charge in [0.25, 0.3) is 5.69 Å². The van der Waals surface area contributed by atoms with E-state index in [0.29, 0.717) is 127 Å². The van der Waals surface area contributed by atoms with Gasteiger partial charge in [-0.15, -0.1) is 0 Å². The third-order valence-corrected chi connectivity index (χ3v) is 15.1. The average Bonchev–Trinajstić information content (AvgIpc) is 3.56. The Morgan fingerprint density at radius 2 is 0.988 bits per heavy atom. The maximum atomic E-state index is 11.9. The largest absolute Gasteiger partial charge is 0.495 e. The third kappa shape index (κ3) is 13.8. The van der Waals surface area contributed by atoms with Gasteiger partial charge < -0.3 is 54.6 Å². The quantitative estimate of drug-likeness (QED) is 0.0345. The van der Waals surface area contributed by atoms with E-state index < -0.39 is 4.92 Å². The monoisotopic (exact) mass is 1190 g/mol. The lowest BCUT2D eigenvalue weighted by Gasteiger charge is -2.35. The molecule has 426 valence electrons. The number of likely N-dealkylation sites (tertiary alicyclic amines) is 2. The number of nitrogens with two attached hydrogens (primary N) is 1. The first kappa shape index (κ1) is 58.7. The van der Waals surface area contributed by atoms with Crippen LogP contribution >= 0.6 is 46.4 Å². The van der Waals surface area contributed by atoms with E-state index in [-0.39, 0.29) is 22.2 Å². The van der Waals surface area contributed by atoms with E-state index in [1.165, 1.54) is 47.2 Å². The number of nitro benzene ring substituents is 1. The highest BCUT2D eigenvalue weighted by atomic mass is 35.5. The molecule has 2 aliphatic heterocycles. The number of nitrogens with one attached hydrogen (secondary N) is 2. The van der Waals surface area contributed by atoms with Gasteiger partial charge in [0.15, 0.2) is 0 Å². The normalized spacial score (nSPS) is 13.4. The van der Waals surface area contributed by atoms with E-state index >= 15 is 0 Å². The molecule has 2 saturated heterocycles. The van der Waals surface area contributed by atoms with Crippen molar-refractivity contribution < 1.29 is 33.3 Å². The first-order valence-electron chi connectivity index (χ1n) is 25.7. The molecule has 2 aliphatic rings. The molecule has 0 atom stereocenters. The molecule has 0 unspecified atom stereocenters. The highest BCUT2D eigenvalue weighted by molar-refractivity contribution is 6.42. The van der Waals surface area contributed by atoms with Crippen molar-refractivity contribution in [2.75, 3.05) is 98.3 Å². The van der Waals surface area contributed by atoms with E-state index in [9.17, 15) is 10.1 Å². The predicted molar refractivity (Wildman–Crippen MR) is 319 cm³/mol. The van der Waals surface area contributed by atoms with Crippen LogP contribution < -0.4 is 44.8 Å². The second kappa shape index (κ2) is 26.7. The van der Waals surface area contributed by atoms with Crippen molar-refractivity contribution in [1.29, 1.82) is 0 Å². The van der Waals surface area contributed by atoms with Crippen LogP contribution in [0.15, 0.2) is 110 Å². The zero-order chi connectivity index (χ0) is 58.0. The van der Waals surface area contributed by atoms with Crippen molar-refractivity contribution in [3.8, 4) is 57.0 Å². The minimum atomic E-state index is -0.402. The van der Waals surface area contributed by atoms with E-state index in [2.05, 4.69) is 57.4 Å². The topological polar surface area (TPSA) is 232 Å². The number of methoxy groups -OCH3 is 4. The lowest BCUT2D eigenvalue weighted by Crippen LogP contribution is -2.46. The standard InChI is InChI=1S/C29H28Cl2N6O5.C29H30Cl2N6O3/c1-36-13-17(14-36)15-42-20-7-6-18(23(11-20)37(38)39)9-19-10-22(34-16-33-19)21-5-4-8-32-29(21)35-28-26(30)24(40-2)12-25(41-3)27(28)31;1-37-13-17(14-37)15-40-20-7-6-18(22(32)11-20)9-19-10-23(35-16-34-19)21-5-4-8-33-29(21)36-28-26(30)24(38-2)12-25(39-3)27(28)31/h4-8,10-12,16-17H,9,13-15H2,1-3H3,(H,32,35);4-8,10-12,16-17H,9,13-15,32H2,1-3H3,(H,33,36). The smallest absolute Gasteiger partial charge is 0.276 e. The Morgan fingerprint density at radius 1 is 0.573 bits per heavy atom. The van der Waals surface area contributed by atoms with Crippen molar-refractivity contribution in [3.05, 3.63) is 163 Å². The molecular formula is C58H58Cl4N12O8. The van der Waals surface area contributed by atoms with Crippen LogP contribution in [-0.2, 0) is 12.8 Å². The van der Waals surface area contributed by atoms with Gasteiger partial charge in [-0.25, -0.2) is 29.9 Å². The average molecular weight is 1190 g/mol. The number of nitrogen functional groups attached to an aromatic ring is 1. The van der Waals surface area contributed by atoms with Gasteiger partial charge in [0.1, 0.15) is 78.9 Å². The summed E-state index contributed by atoms with van der Waals surface area (Å²) in [7, 11) is 10.2. The molecule has 0 radical (unpaired) electrons. The Labute approximate surface area is 493 Å². The summed E-state index contributed by atoms with van der Waals surface area (Å²) in [5.41, 5.74) is 13.2. The molecule has 0 saturated carbocycles. The van der Waals surface area contributed by atoms with Crippen LogP contribution in [0, 0.1) is 22.0 Å². The minimum absolute atomic E-state index is 0.0293. The fourth-order valence-corrected chi connectivity index (χ4v) is 10.6. The van der Waals surface area contributed by atoms with Gasteiger partial charge in [-0.05, 0) is 74.3 Å². The molecule has 0 amide bonds. The molecule has 0 aliphatic carbocycles. The molecule has 10 rings (SSSR count). The number of ether oxygens (including phenoxy) is 6.